The minimum atomic E-state index is 0.565. The van der Waals surface area contributed by atoms with E-state index in [1.54, 1.807) is 6.33 Å². The van der Waals surface area contributed by atoms with Gasteiger partial charge >= 0.3 is 0 Å². The number of aromatic amines is 1. The summed E-state index contributed by atoms with van der Waals surface area (Å²) in [6.45, 7) is 4.33. The molecule has 1 aromatic carbocycles. The molecule has 0 radical (unpaired) electrons. The van der Waals surface area contributed by atoms with Crippen LogP contribution < -0.4 is 5.32 Å². The third-order valence-corrected chi connectivity index (χ3v) is 7.23. The maximum absolute atomic E-state index is 4.81. The maximum Gasteiger partial charge on any atom is 0.158 e. The van der Waals surface area contributed by atoms with Crippen molar-refractivity contribution in [1.29, 1.82) is 0 Å². The Hall–Kier alpha value is -2.73. The molecule has 0 atom stereocenters. The number of H-pyrrole nitrogens is 1. The van der Waals surface area contributed by atoms with Gasteiger partial charge in [0.15, 0.2) is 5.65 Å². The molecule has 31 heavy (non-hydrogen) atoms. The largest absolute Gasteiger partial charge is 0.311 e. The number of hydrogen-bond acceptors (Lipinski definition) is 4. The lowest BCUT2D eigenvalue weighted by Crippen LogP contribution is -2.34. The zero-order valence-corrected chi connectivity index (χ0v) is 18.4. The highest BCUT2D eigenvalue weighted by Crippen LogP contribution is 2.38. The van der Waals surface area contributed by atoms with E-state index >= 15 is 0 Å². The molecule has 2 aliphatic carbocycles. The van der Waals surface area contributed by atoms with Crippen molar-refractivity contribution >= 4 is 16.6 Å². The number of aryl methyl sites for hydroxylation is 2. The van der Waals surface area contributed by atoms with Crippen LogP contribution in [-0.2, 0) is 6.42 Å². The fourth-order valence-electron chi connectivity index (χ4n) is 5.36. The number of rotatable bonds is 5. The van der Waals surface area contributed by atoms with Gasteiger partial charge in [0, 0.05) is 35.1 Å². The minimum absolute atomic E-state index is 0.565. The Morgan fingerprint density at radius 1 is 1.06 bits per heavy atom. The van der Waals surface area contributed by atoms with Gasteiger partial charge in [0.2, 0.25) is 0 Å². The van der Waals surface area contributed by atoms with Gasteiger partial charge in [-0.15, -0.1) is 0 Å². The fraction of sp³-hybridized carbons (Fsp3) is 0.480. The van der Waals surface area contributed by atoms with Crippen LogP contribution >= 0.6 is 0 Å². The smallest absolute Gasteiger partial charge is 0.158 e. The van der Waals surface area contributed by atoms with Gasteiger partial charge in [-0.2, -0.15) is 10.2 Å². The first-order valence-electron chi connectivity index (χ1n) is 11.8. The maximum atomic E-state index is 4.81. The summed E-state index contributed by atoms with van der Waals surface area (Å²) < 4.78 is 1.88. The topological polar surface area (TPSA) is 70.9 Å². The van der Waals surface area contributed by atoms with E-state index in [4.69, 9.17) is 5.10 Å². The van der Waals surface area contributed by atoms with E-state index in [9.17, 15) is 0 Å². The second kappa shape index (κ2) is 7.45. The Balaban J connectivity index is 1.34. The number of aromatic nitrogens is 5. The molecule has 3 heterocycles. The van der Waals surface area contributed by atoms with E-state index in [1.807, 2.05) is 4.52 Å². The molecule has 0 amide bonds. The van der Waals surface area contributed by atoms with Crippen LogP contribution in [0.25, 0.3) is 27.7 Å². The lowest BCUT2D eigenvalue weighted by molar-refractivity contribution is 0.338. The molecule has 6 heteroatoms. The van der Waals surface area contributed by atoms with Crippen LogP contribution in [0.1, 0.15) is 68.2 Å². The Morgan fingerprint density at radius 2 is 1.84 bits per heavy atom. The zero-order valence-electron chi connectivity index (χ0n) is 18.4. The van der Waals surface area contributed by atoms with Crippen LogP contribution in [0.4, 0.5) is 0 Å². The third kappa shape index (κ3) is 3.43. The summed E-state index contributed by atoms with van der Waals surface area (Å²) in [5.41, 5.74) is 8.25. The average molecular weight is 415 g/mol. The Labute approximate surface area is 182 Å². The fourth-order valence-corrected chi connectivity index (χ4v) is 5.36. The number of nitrogens with zero attached hydrogens (tertiary/aromatic N) is 4. The van der Waals surface area contributed by atoms with E-state index < -0.39 is 0 Å². The Bertz CT molecular complexity index is 1240. The number of fused-ring (bicyclic) bond motifs is 2. The van der Waals surface area contributed by atoms with E-state index in [0.29, 0.717) is 12.0 Å². The second-order valence-electron chi connectivity index (χ2n) is 9.45. The van der Waals surface area contributed by atoms with E-state index in [-0.39, 0.29) is 0 Å². The summed E-state index contributed by atoms with van der Waals surface area (Å²) in [7, 11) is 0. The molecular formula is C25H30N6. The molecule has 6 nitrogen and oxygen atoms in total. The molecule has 0 spiro atoms. The van der Waals surface area contributed by atoms with Gasteiger partial charge in [0.05, 0.1) is 11.2 Å². The quantitative estimate of drug-likeness (QED) is 0.486. The lowest BCUT2D eigenvalue weighted by atomic mass is 9.82. The number of benzene rings is 1. The van der Waals surface area contributed by atoms with Gasteiger partial charge in [-0.3, -0.25) is 5.10 Å². The average Bonchev–Trinajstić information content (AvgIpc) is 3.30. The SMILES string of the molecule is CCc1cc2c(C3CCC(NC4CC4)CC3)n[nH]c2cc1-c1cc(C)c2ncnn2c1. The lowest BCUT2D eigenvalue weighted by Gasteiger charge is -2.28. The Morgan fingerprint density at radius 3 is 2.58 bits per heavy atom. The summed E-state index contributed by atoms with van der Waals surface area (Å²) in [4.78, 5) is 4.36. The standard InChI is InChI=1S/C25H30N6/c1-3-16-11-22-23(12-21(16)18-10-15(2)25-26-14-27-31(25)13-18)29-30-24(22)17-4-6-19(7-5-17)28-20-8-9-20/h10-14,17,19-20,28H,3-9H2,1-2H3,(H,29,30). The van der Waals surface area contributed by atoms with Gasteiger partial charge in [-0.25, -0.2) is 9.50 Å². The monoisotopic (exact) mass is 414 g/mol. The highest BCUT2D eigenvalue weighted by Gasteiger charge is 2.30. The summed E-state index contributed by atoms with van der Waals surface area (Å²) in [5, 5.41) is 17.6. The first kappa shape index (κ1) is 19.0. The molecule has 2 saturated carbocycles. The van der Waals surface area contributed by atoms with Crippen LogP contribution in [0.15, 0.2) is 30.7 Å². The molecule has 2 aliphatic rings. The van der Waals surface area contributed by atoms with Crippen molar-refractivity contribution in [1.82, 2.24) is 30.1 Å². The summed E-state index contributed by atoms with van der Waals surface area (Å²) in [6, 6.07) is 8.39. The molecule has 160 valence electrons. The van der Waals surface area contributed by atoms with Crippen LogP contribution in [0.5, 0.6) is 0 Å². The Kier molecular flexibility index (Phi) is 4.56. The van der Waals surface area contributed by atoms with Crippen LogP contribution in [-0.4, -0.2) is 36.9 Å². The van der Waals surface area contributed by atoms with E-state index in [0.717, 1.165) is 29.2 Å². The van der Waals surface area contributed by atoms with Crippen molar-refractivity contribution < 1.29 is 0 Å². The first-order chi connectivity index (χ1) is 15.2. The number of hydrogen-bond donors (Lipinski definition) is 2. The van der Waals surface area contributed by atoms with Crippen LogP contribution in [0.2, 0.25) is 0 Å². The van der Waals surface area contributed by atoms with Gasteiger partial charge in [0.1, 0.15) is 6.33 Å². The highest BCUT2D eigenvalue weighted by atomic mass is 15.3. The van der Waals surface area contributed by atoms with E-state index in [2.05, 4.69) is 58.7 Å². The van der Waals surface area contributed by atoms with Crippen molar-refractivity contribution in [3.63, 3.8) is 0 Å². The van der Waals surface area contributed by atoms with Gasteiger partial charge in [-0.1, -0.05) is 6.92 Å². The molecule has 6 rings (SSSR count). The van der Waals surface area contributed by atoms with Crippen LogP contribution in [0.3, 0.4) is 0 Å². The molecule has 0 bridgehead atoms. The third-order valence-electron chi connectivity index (χ3n) is 7.23. The van der Waals surface area contributed by atoms with Crippen molar-refractivity contribution in [3.8, 4) is 11.1 Å². The first-order valence-corrected chi connectivity index (χ1v) is 11.8. The number of pyridine rings is 1. The molecular weight excluding hydrogens is 384 g/mol. The van der Waals surface area contributed by atoms with Gasteiger partial charge in [-0.05, 0) is 86.8 Å². The second-order valence-corrected chi connectivity index (χ2v) is 9.45. The molecule has 3 aromatic heterocycles. The highest BCUT2D eigenvalue weighted by molar-refractivity contribution is 5.88. The normalized spacial score (nSPS) is 21.9. The van der Waals surface area contributed by atoms with Crippen molar-refractivity contribution in [2.45, 2.75) is 76.8 Å². The van der Waals surface area contributed by atoms with Crippen molar-refractivity contribution in [3.05, 3.63) is 47.5 Å². The van der Waals surface area contributed by atoms with Gasteiger partial charge < -0.3 is 5.32 Å². The van der Waals surface area contributed by atoms with Crippen molar-refractivity contribution in [2.24, 2.45) is 0 Å². The van der Waals surface area contributed by atoms with Crippen LogP contribution in [0, 0.1) is 6.92 Å². The van der Waals surface area contributed by atoms with Crippen molar-refractivity contribution in [2.75, 3.05) is 0 Å². The summed E-state index contributed by atoms with van der Waals surface area (Å²) >= 11 is 0. The van der Waals surface area contributed by atoms with Gasteiger partial charge in [0.25, 0.3) is 0 Å². The molecule has 2 N–H and O–H groups in total. The minimum Gasteiger partial charge on any atom is -0.311 e. The molecule has 0 saturated heterocycles. The summed E-state index contributed by atoms with van der Waals surface area (Å²) in [5.74, 6) is 0.565. The zero-order chi connectivity index (χ0) is 20.9. The molecule has 0 aliphatic heterocycles. The predicted molar refractivity (Wildman–Crippen MR) is 123 cm³/mol. The number of nitrogens with one attached hydrogen (secondary N) is 2. The van der Waals surface area contributed by atoms with E-state index in [1.165, 1.54) is 66.3 Å². The summed E-state index contributed by atoms with van der Waals surface area (Å²) in [6.07, 6.45) is 12.4. The molecule has 4 aromatic rings. The predicted octanol–water partition coefficient (Wildman–Crippen LogP) is 4.92. The molecule has 0 unspecified atom stereocenters. The molecule has 2 fully saturated rings.